The van der Waals surface area contributed by atoms with Gasteiger partial charge in [-0.2, -0.15) is 0 Å². The molecule has 0 bridgehead atoms. The quantitative estimate of drug-likeness (QED) is 0.236. The molecule has 11 heteroatoms. The van der Waals surface area contributed by atoms with Crippen LogP contribution in [-0.2, 0) is 26.2 Å². The molecule has 0 aliphatic carbocycles. The minimum absolute atomic E-state index is 0.0574. The number of benzene rings is 3. The molecule has 0 heterocycles. The van der Waals surface area contributed by atoms with Gasteiger partial charge in [0.25, 0.3) is 10.0 Å². The fourth-order valence-corrected chi connectivity index (χ4v) is 6.14. The fourth-order valence-electron chi connectivity index (χ4n) is 4.05. The smallest absolute Gasteiger partial charge is 0.264 e. The lowest BCUT2D eigenvalue weighted by Gasteiger charge is -2.32. The third-order valence-electron chi connectivity index (χ3n) is 6.23. The van der Waals surface area contributed by atoms with Crippen molar-refractivity contribution in [2.75, 3.05) is 23.7 Å². The van der Waals surface area contributed by atoms with Gasteiger partial charge in [0.05, 0.1) is 17.2 Å². The van der Waals surface area contributed by atoms with Crippen LogP contribution in [0.5, 0.6) is 5.75 Å². The third kappa shape index (κ3) is 8.73. The highest BCUT2D eigenvalue weighted by atomic mass is 79.9. The molecule has 41 heavy (non-hydrogen) atoms. The zero-order chi connectivity index (χ0) is 30.2. The summed E-state index contributed by atoms with van der Waals surface area (Å²) in [7, 11) is -4.15. The number of rotatable bonds is 13. The first-order valence-electron chi connectivity index (χ1n) is 13.2. The zero-order valence-electron chi connectivity index (χ0n) is 23.8. The summed E-state index contributed by atoms with van der Waals surface area (Å²) in [5.74, 6) is -0.258. The molecule has 0 aliphatic heterocycles. The molecule has 0 spiro atoms. The number of carbonyl (C=O) groups is 2. The van der Waals surface area contributed by atoms with E-state index in [1.165, 1.54) is 28.8 Å². The molecular formula is C30H36BrN3O5S2. The predicted molar refractivity (Wildman–Crippen MR) is 168 cm³/mol. The van der Waals surface area contributed by atoms with Crippen molar-refractivity contribution < 1.29 is 22.7 Å². The number of ether oxygens (including phenoxy) is 1. The molecular weight excluding hydrogens is 626 g/mol. The minimum Gasteiger partial charge on any atom is -0.494 e. The van der Waals surface area contributed by atoms with Crippen molar-refractivity contribution in [3.63, 3.8) is 0 Å². The number of hydrogen-bond donors (Lipinski definition) is 1. The fraction of sp³-hybridized carbons (Fsp3) is 0.333. The van der Waals surface area contributed by atoms with Crippen LogP contribution in [0.25, 0.3) is 0 Å². The van der Waals surface area contributed by atoms with Crippen molar-refractivity contribution >= 4 is 55.2 Å². The summed E-state index contributed by atoms with van der Waals surface area (Å²) >= 11 is 4.92. The maximum atomic E-state index is 14.0. The predicted octanol–water partition coefficient (Wildman–Crippen LogP) is 5.71. The molecule has 0 aliphatic rings. The first-order valence-corrected chi connectivity index (χ1v) is 16.7. The molecule has 3 aromatic rings. The van der Waals surface area contributed by atoms with Gasteiger partial charge >= 0.3 is 0 Å². The number of halogens is 1. The van der Waals surface area contributed by atoms with E-state index < -0.39 is 28.5 Å². The molecule has 0 aromatic heterocycles. The first kappa shape index (κ1) is 32.5. The van der Waals surface area contributed by atoms with Crippen LogP contribution in [0.2, 0.25) is 0 Å². The summed E-state index contributed by atoms with van der Waals surface area (Å²) < 4.78 is 35.4. The number of carbonyl (C=O) groups excluding carboxylic acids is 2. The topological polar surface area (TPSA) is 96.0 Å². The molecule has 0 fully saturated rings. The van der Waals surface area contributed by atoms with Crippen LogP contribution >= 0.6 is 27.7 Å². The first-order chi connectivity index (χ1) is 19.5. The molecule has 3 aromatic carbocycles. The van der Waals surface area contributed by atoms with Gasteiger partial charge in [-0.05, 0) is 100 Å². The van der Waals surface area contributed by atoms with Gasteiger partial charge in [-0.15, -0.1) is 11.8 Å². The van der Waals surface area contributed by atoms with Gasteiger partial charge in [0, 0.05) is 22.0 Å². The lowest BCUT2D eigenvalue weighted by molar-refractivity contribution is -0.139. The molecule has 3 rings (SSSR count). The van der Waals surface area contributed by atoms with Gasteiger partial charge in [0.2, 0.25) is 11.8 Å². The Morgan fingerprint density at radius 3 is 2.10 bits per heavy atom. The number of amides is 2. The van der Waals surface area contributed by atoms with Crippen LogP contribution in [-0.4, -0.2) is 56.6 Å². The van der Waals surface area contributed by atoms with E-state index in [2.05, 4.69) is 21.2 Å². The van der Waals surface area contributed by atoms with Gasteiger partial charge in [-0.1, -0.05) is 28.1 Å². The second-order valence-electron chi connectivity index (χ2n) is 9.60. The summed E-state index contributed by atoms with van der Waals surface area (Å²) in [5.41, 5.74) is 1.10. The largest absolute Gasteiger partial charge is 0.494 e. The molecule has 220 valence electrons. The van der Waals surface area contributed by atoms with E-state index in [0.29, 0.717) is 18.0 Å². The Hall–Kier alpha value is -3.02. The van der Waals surface area contributed by atoms with Crippen molar-refractivity contribution in [3.8, 4) is 5.75 Å². The minimum atomic E-state index is -4.15. The lowest BCUT2D eigenvalue weighted by Crippen LogP contribution is -2.52. The number of anilines is 1. The Bertz CT molecular complexity index is 1410. The lowest BCUT2D eigenvalue weighted by atomic mass is 10.1. The average Bonchev–Trinajstić information content (AvgIpc) is 2.95. The SMILES string of the molecule is CCOc1ccc(N(CC(=O)N(Cc2ccc(Br)cc2)[C@@H](C)C(=O)NC(C)C)S(=O)(=O)c2ccc(SC)cc2)cc1. The molecule has 0 radical (unpaired) electrons. The highest BCUT2D eigenvalue weighted by molar-refractivity contribution is 9.10. The molecule has 0 unspecified atom stereocenters. The maximum Gasteiger partial charge on any atom is 0.264 e. The van der Waals surface area contributed by atoms with E-state index >= 15 is 0 Å². The molecule has 1 atom stereocenters. The highest BCUT2D eigenvalue weighted by Gasteiger charge is 2.32. The Morgan fingerprint density at radius 1 is 0.951 bits per heavy atom. The normalized spacial score (nSPS) is 12.1. The van der Waals surface area contributed by atoms with Crippen molar-refractivity contribution in [1.29, 1.82) is 0 Å². The molecule has 2 amide bonds. The summed E-state index contributed by atoms with van der Waals surface area (Å²) in [6, 6.07) is 19.5. The van der Waals surface area contributed by atoms with Gasteiger partial charge < -0.3 is 15.0 Å². The van der Waals surface area contributed by atoms with Crippen molar-refractivity contribution in [2.24, 2.45) is 0 Å². The van der Waals surface area contributed by atoms with Crippen molar-refractivity contribution in [3.05, 3.63) is 82.8 Å². The molecule has 8 nitrogen and oxygen atoms in total. The number of nitrogens with one attached hydrogen (secondary N) is 1. The Labute approximate surface area is 255 Å². The Kier molecular flexibility index (Phi) is 11.7. The molecule has 0 saturated heterocycles. The zero-order valence-corrected chi connectivity index (χ0v) is 27.1. The summed E-state index contributed by atoms with van der Waals surface area (Å²) in [6.07, 6.45) is 1.91. The Morgan fingerprint density at radius 2 is 1.56 bits per heavy atom. The van der Waals surface area contributed by atoms with Crippen LogP contribution in [0.3, 0.4) is 0 Å². The number of nitrogens with zero attached hydrogens (tertiary/aromatic N) is 2. The van der Waals surface area contributed by atoms with E-state index in [1.807, 2.05) is 51.3 Å². The van der Waals surface area contributed by atoms with Crippen LogP contribution in [0.1, 0.15) is 33.3 Å². The van der Waals surface area contributed by atoms with E-state index in [1.54, 1.807) is 43.3 Å². The summed E-state index contributed by atoms with van der Waals surface area (Å²) in [5, 5.41) is 2.85. The van der Waals surface area contributed by atoms with E-state index in [4.69, 9.17) is 4.74 Å². The number of sulfonamides is 1. The van der Waals surface area contributed by atoms with Crippen molar-refractivity contribution in [1.82, 2.24) is 10.2 Å². The van der Waals surface area contributed by atoms with Crippen LogP contribution < -0.4 is 14.4 Å². The van der Waals surface area contributed by atoms with Crippen LogP contribution in [0, 0.1) is 0 Å². The van der Waals surface area contributed by atoms with E-state index in [0.717, 1.165) is 19.2 Å². The second-order valence-corrected chi connectivity index (χ2v) is 13.3. The third-order valence-corrected chi connectivity index (χ3v) is 9.29. The van der Waals surface area contributed by atoms with Crippen molar-refractivity contribution in [2.45, 2.75) is 56.1 Å². The summed E-state index contributed by atoms with van der Waals surface area (Å²) in [4.78, 5) is 29.4. The molecule has 1 N–H and O–H groups in total. The summed E-state index contributed by atoms with van der Waals surface area (Å²) in [6.45, 7) is 7.27. The Balaban J connectivity index is 2.03. The molecule has 0 saturated carbocycles. The highest BCUT2D eigenvalue weighted by Crippen LogP contribution is 2.28. The van der Waals surface area contributed by atoms with Gasteiger partial charge in [-0.25, -0.2) is 8.42 Å². The standard InChI is InChI=1S/C30H36BrN3O5S2/c1-6-39-26-13-11-25(12-14-26)34(41(37,38)28-17-15-27(40-5)16-18-28)20-29(35)33(22(4)30(36)32-21(2)3)19-23-7-9-24(31)10-8-23/h7-18,21-22H,6,19-20H2,1-5H3,(H,32,36)/t22-/m0/s1. The van der Waals surface area contributed by atoms with E-state index in [9.17, 15) is 18.0 Å². The van der Waals surface area contributed by atoms with Crippen LogP contribution in [0.15, 0.2) is 87.1 Å². The van der Waals surface area contributed by atoms with E-state index in [-0.39, 0.29) is 23.4 Å². The number of hydrogen-bond acceptors (Lipinski definition) is 6. The number of thioether (sulfide) groups is 1. The van der Waals surface area contributed by atoms with Gasteiger partial charge in [0.1, 0.15) is 18.3 Å². The average molecular weight is 663 g/mol. The maximum absolute atomic E-state index is 14.0. The van der Waals surface area contributed by atoms with Gasteiger partial charge in [-0.3, -0.25) is 13.9 Å². The van der Waals surface area contributed by atoms with Gasteiger partial charge in [0.15, 0.2) is 0 Å². The second kappa shape index (κ2) is 14.7. The monoisotopic (exact) mass is 661 g/mol. The van der Waals surface area contributed by atoms with Crippen LogP contribution in [0.4, 0.5) is 5.69 Å².